The second-order valence-electron chi connectivity index (χ2n) is 7.21. The number of nitrogens with zero attached hydrogens (tertiary/aromatic N) is 5. The minimum atomic E-state index is -0.0234. The molecule has 1 saturated carbocycles. The molecule has 2 fully saturated rings. The van der Waals surface area contributed by atoms with Gasteiger partial charge in [-0.15, -0.1) is 0 Å². The highest BCUT2D eigenvalue weighted by atomic mass is 16.2. The molecule has 0 unspecified atom stereocenters. The van der Waals surface area contributed by atoms with Crippen LogP contribution in [-0.2, 0) is 0 Å². The van der Waals surface area contributed by atoms with Crippen molar-refractivity contribution in [1.82, 2.24) is 19.9 Å². The first-order chi connectivity index (χ1) is 13.3. The largest absolute Gasteiger partial charge is 0.353 e. The van der Waals surface area contributed by atoms with E-state index >= 15 is 0 Å². The van der Waals surface area contributed by atoms with Crippen LogP contribution in [0, 0.1) is 0 Å². The Hall–Kier alpha value is -2.70. The number of piperazine rings is 1. The van der Waals surface area contributed by atoms with Gasteiger partial charge in [-0.1, -0.05) is 25.3 Å². The van der Waals surface area contributed by atoms with E-state index in [-0.39, 0.29) is 5.91 Å². The van der Waals surface area contributed by atoms with Crippen LogP contribution in [0.25, 0.3) is 0 Å². The molecule has 2 aliphatic rings. The molecule has 2 aromatic rings. The van der Waals surface area contributed by atoms with Gasteiger partial charge in [0, 0.05) is 44.6 Å². The summed E-state index contributed by atoms with van der Waals surface area (Å²) >= 11 is 0. The van der Waals surface area contributed by atoms with Gasteiger partial charge in [0.1, 0.15) is 11.5 Å². The van der Waals surface area contributed by atoms with Crippen LogP contribution in [-0.4, -0.2) is 58.0 Å². The Balaban J connectivity index is 1.36. The minimum Gasteiger partial charge on any atom is -0.353 e. The Kier molecular flexibility index (Phi) is 5.46. The predicted molar refractivity (Wildman–Crippen MR) is 105 cm³/mol. The van der Waals surface area contributed by atoms with Gasteiger partial charge in [-0.25, -0.2) is 15.0 Å². The van der Waals surface area contributed by atoms with Gasteiger partial charge in [0.15, 0.2) is 0 Å². The summed E-state index contributed by atoms with van der Waals surface area (Å²) < 4.78 is 0. The third kappa shape index (κ3) is 4.35. The van der Waals surface area contributed by atoms with Gasteiger partial charge in [0.25, 0.3) is 5.91 Å². The number of pyridine rings is 1. The standard InChI is InChI=1S/C20H26N6O/c27-19(26-14-12-25(13-15-26)18-8-4-5-10-21-18)17-9-11-22-20(24-17)23-16-6-2-1-3-7-16/h4-5,8-11,16H,1-3,6-7,12-15H2,(H,22,23,24). The van der Waals surface area contributed by atoms with Crippen LogP contribution in [0.15, 0.2) is 36.7 Å². The molecule has 142 valence electrons. The summed E-state index contributed by atoms with van der Waals surface area (Å²) in [6.45, 7) is 2.90. The topological polar surface area (TPSA) is 74.2 Å². The molecule has 1 N–H and O–H groups in total. The fourth-order valence-electron chi connectivity index (χ4n) is 3.82. The summed E-state index contributed by atoms with van der Waals surface area (Å²) in [5.74, 6) is 1.51. The van der Waals surface area contributed by atoms with Gasteiger partial charge in [-0.05, 0) is 31.0 Å². The summed E-state index contributed by atoms with van der Waals surface area (Å²) in [5, 5.41) is 3.40. The summed E-state index contributed by atoms with van der Waals surface area (Å²) in [5.41, 5.74) is 0.467. The maximum absolute atomic E-state index is 12.9. The molecule has 1 aliphatic heterocycles. The molecule has 0 bridgehead atoms. The van der Waals surface area contributed by atoms with Crippen molar-refractivity contribution >= 4 is 17.7 Å². The van der Waals surface area contributed by atoms with E-state index in [0.29, 0.717) is 30.8 Å². The van der Waals surface area contributed by atoms with Crippen LogP contribution in [0.1, 0.15) is 42.6 Å². The molecule has 27 heavy (non-hydrogen) atoms. The molecule has 1 amide bonds. The Bertz CT molecular complexity index is 754. The number of carbonyl (C=O) groups is 1. The molecule has 0 radical (unpaired) electrons. The number of hydrogen-bond donors (Lipinski definition) is 1. The number of rotatable bonds is 4. The molecule has 0 aromatic carbocycles. The van der Waals surface area contributed by atoms with E-state index in [9.17, 15) is 4.79 Å². The van der Waals surface area contributed by atoms with Crippen molar-refractivity contribution in [3.8, 4) is 0 Å². The highest BCUT2D eigenvalue weighted by Gasteiger charge is 2.24. The third-order valence-electron chi connectivity index (χ3n) is 5.35. The zero-order valence-electron chi connectivity index (χ0n) is 15.5. The van der Waals surface area contributed by atoms with Crippen molar-refractivity contribution in [2.75, 3.05) is 36.4 Å². The molecule has 3 heterocycles. The molecule has 4 rings (SSSR count). The first kappa shape index (κ1) is 17.7. The van der Waals surface area contributed by atoms with Gasteiger partial charge in [-0.2, -0.15) is 0 Å². The molecular formula is C20H26N6O. The molecule has 7 nitrogen and oxygen atoms in total. The predicted octanol–water partition coefficient (Wildman–Crippen LogP) is 2.58. The van der Waals surface area contributed by atoms with E-state index in [1.165, 1.54) is 19.3 Å². The van der Waals surface area contributed by atoms with Crippen LogP contribution in [0.4, 0.5) is 11.8 Å². The average molecular weight is 366 g/mol. The zero-order chi connectivity index (χ0) is 18.5. The number of amides is 1. The van der Waals surface area contributed by atoms with Gasteiger partial charge in [0.05, 0.1) is 0 Å². The van der Waals surface area contributed by atoms with Crippen LogP contribution >= 0.6 is 0 Å². The van der Waals surface area contributed by atoms with Crippen LogP contribution < -0.4 is 10.2 Å². The minimum absolute atomic E-state index is 0.0234. The Morgan fingerprint density at radius 3 is 2.52 bits per heavy atom. The molecular weight excluding hydrogens is 340 g/mol. The monoisotopic (exact) mass is 366 g/mol. The van der Waals surface area contributed by atoms with Crippen LogP contribution in [0.3, 0.4) is 0 Å². The number of nitrogens with one attached hydrogen (secondary N) is 1. The summed E-state index contributed by atoms with van der Waals surface area (Å²) in [6.07, 6.45) is 9.58. The Morgan fingerprint density at radius 1 is 0.963 bits per heavy atom. The number of aromatic nitrogens is 3. The first-order valence-corrected chi connectivity index (χ1v) is 9.84. The summed E-state index contributed by atoms with van der Waals surface area (Å²) in [7, 11) is 0. The van der Waals surface area contributed by atoms with Crippen molar-refractivity contribution in [2.24, 2.45) is 0 Å². The lowest BCUT2D eigenvalue weighted by Crippen LogP contribution is -2.49. The van der Waals surface area contributed by atoms with Gasteiger partial charge in [0.2, 0.25) is 5.95 Å². The quantitative estimate of drug-likeness (QED) is 0.896. The third-order valence-corrected chi connectivity index (χ3v) is 5.35. The normalized spacial score (nSPS) is 18.4. The van der Waals surface area contributed by atoms with Gasteiger partial charge >= 0.3 is 0 Å². The number of carbonyl (C=O) groups excluding carboxylic acids is 1. The average Bonchev–Trinajstić information content (AvgIpc) is 2.75. The molecule has 0 spiro atoms. The lowest BCUT2D eigenvalue weighted by Gasteiger charge is -2.35. The SMILES string of the molecule is O=C(c1ccnc(NC2CCCCC2)n1)N1CCN(c2ccccn2)CC1. The molecule has 0 atom stereocenters. The Labute approximate surface area is 159 Å². The number of anilines is 2. The molecule has 7 heteroatoms. The summed E-state index contributed by atoms with van der Waals surface area (Å²) in [6, 6.07) is 8.04. The zero-order valence-corrected chi connectivity index (χ0v) is 15.5. The van der Waals surface area contributed by atoms with Crippen molar-refractivity contribution in [1.29, 1.82) is 0 Å². The molecule has 1 saturated heterocycles. The smallest absolute Gasteiger partial charge is 0.272 e. The lowest BCUT2D eigenvalue weighted by atomic mass is 9.96. The molecule has 1 aliphatic carbocycles. The maximum Gasteiger partial charge on any atom is 0.272 e. The van der Waals surface area contributed by atoms with E-state index < -0.39 is 0 Å². The highest BCUT2D eigenvalue weighted by molar-refractivity contribution is 5.92. The Morgan fingerprint density at radius 2 is 1.78 bits per heavy atom. The lowest BCUT2D eigenvalue weighted by molar-refractivity contribution is 0.0740. The second-order valence-corrected chi connectivity index (χ2v) is 7.21. The number of hydrogen-bond acceptors (Lipinski definition) is 6. The maximum atomic E-state index is 12.9. The fraction of sp³-hybridized carbons (Fsp3) is 0.500. The van der Waals surface area contributed by atoms with Gasteiger partial charge < -0.3 is 15.1 Å². The van der Waals surface area contributed by atoms with Crippen LogP contribution in [0.5, 0.6) is 0 Å². The molecule has 2 aromatic heterocycles. The summed E-state index contributed by atoms with van der Waals surface area (Å²) in [4.78, 5) is 30.1. The van der Waals surface area contributed by atoms with Crippen molar-refractivity contribution in [3.05, 3.63) is 42.4 Å². The van der Waals surface area contributed by atoms with E-state index in [0.717, 1.165) is 31.7 Å². The van der Waals surface area contributed by atoms with Crippen molar-refractivity contribution < 1.29 is 4.79 Å². The van der Waals surface area contributed by atoms with Gasteiger partial charge in [-0.3, -0.25) is 4.79 Å². The first-order valence-electron chi connectivity index (χ1n) is 9.84. The van der Waals surface area contributed by atoms with Crippen molar-refractivity contribution in [2.45, 2.75) is 38.1 Å². The van der Waals surface area contributed by atoms with E-state index in [4.69, 9.17) is 0 Å². The van der Waals surface area contributed by atoms with Crippen LogP contribution in [0.2, 0.25) is 0 Å². The van der Waals surface area contributed by atoms with Crippen molar-refractivity contribution in [3.63, 3.8) is 0 Å². The van der Waals surface area contributed by atoms with E-state index in [1.807, 2.05) is 23.1 Å². The highest BCUT2D eigenvalue weighted by Crippen LogP contribution is 2.20. The van der Waals surface area contributed by atoms with E-state index in [2.05, 4.69) is 25.2 Å². The second kappa shape index (κ2) is 8.33. The fourth-order valence-corrected chi connectivity index (χ4v) is 3.82. The van der Waals surface area contributed by atoms with E-state index in [1.54, 1.807) is 18.5 Å².